The van der Waals surface area contributed by atoms with Crippen molar-refractivity contribution in [3.8, 4) is 0 Å². The first-order valence-electron chi connectivity index (χ1n) is 5.80. The van der Waals surface area contributed by atoms with Gasteiger partial charge in [0.25, 0.3) is 0 Å². The minimum absolute atomic E-state index is 0.339. The molecule has 0 spiro atoms. The highest BCUT2D eigenvalue weighted by atomic mass is 32.2. The average Bonchev–Trinajstić information content (AvgIpc) is 2.75. The van der Waals surface area contributed by atoms with E-state index in [0.717, 1.165) is 11.1 Å². The molecular weight excluding hydrogens is 274 g/mol. The lowest BCUT2D eigenvalue weighted by Crippen LogP contribution is -2.08. The third-order valence-electron chi connectivity index (χ3n) is 2.26. The summed E-state index contributed by atoms with van der Waals surface area (Å²) in [4.78, 5) is 8.20. The van der Waals surface area contributed by atoms with E-state index in [0.29, 0.717) is 16.6 Å². The Balaban J connectivity index is 0.000000200. The van der Waals surface area contributed by atoms with Gasteiger partial charge in [-0.15, -0.1) is 0 Å². The number of nitrogens with zero attached hydrogens (tertiary/aromatic N) is 2. The maximum atomic E-state index is 10.3. The van der Waals surface area contributed by atoms with Gasteiger partial charge in [-0.2, -0.15) is 0 Å². The Morgan fingerprint density at radius 3 is 2.40 bits per heavy atom. The highest BCUT2D eigenvalue weighted by molar-refractivity contribution is 7.79. The second kappa shape index (κ2) is 7.52. The average molecular weight is 290 g/mol. The Labute approximate surface area is 120 Å². The molecule has 1 aliphatic heterocycles. The van der Waals surface area contributed by atoms with Crippen LogP contribution in [0.15, 0.2) is 63.6 Å². The Hall–Kier alpha value is -2.05. The largest absolute Gasteiger partial charge is 0.768 e. The molecule has 6 heteroatoms. The number of rotatable bonds is 1. The summed E-state index contributed by atoms with van der Waals surface area (Å²) in [6, 6.07) is 6.70. The number of hydrogen-bond acceptors (Lipinski definition) is 4. The van der Waals surface area contributed by atoms with Gasteiger partial charge in [0.05, 0.1) is 5.84 Å². The first-order chi connectivity index (χ1) is 9.40. The molecule has 0 aromatic heterocycles. The van der Waals surface area contributed by atoms with Crippen LogP contribution in [-0.4, -0.2) is 20.4 Å². The normalized spacial score (nSPS) is 15.4. The molecule has 1 aromatic rings. The van der Waals surface area contributed by atoms with Gasteiger partial charge in [0.15, 0.2) is 5.84 Å². The third kappa shape index (κ3) is 5.29. The molecule has 0 amide bonds. The monoisotopic (exact) mass is 290 g/mol. The van der Waals surface area contributed by atoms with Crippen molar-refractivity contribution < 1.29 is 8.76 Å². The summed E-state index contributed by atoms with van der Waals surface area (Å²) in [6.07, 6.45) is 3.45. The molecule has 0 saturated heterocycles. The molecule has 1 unspecified atom stereocenters. The van der Waals surface area contributed by atoms with Crippen molar-refractivity contribution in [2.75, 3.05) is 0 Å². The zero-order chi connectivity index (χ0) is 15.1. The molecule has 20 heavy (non-hydrogen) atoms. The fourth-order valence-corrected chi connectivity index (χ4v) is 1.63. The van der Waals surface area contributed by atoms with Crippen molar-refractivity contribution in [2.24, 2.45) is 15.7 Å². The van der Waals surface area contributed by atoms with E-state index in [1.165, 1.54) is 0 Å². The smallest absolute Gasteiger partial charge is 0.160 e. The van der Waals surface area contributed by atoms with Crippen molar-refractivity contribution in [1.82, 2.24) is 0 Å². The first-order valence-corrected chi connectivity index (χ1v) is 6.88. The number of hydrogen-bond donors (Lipinski definition) is 1. The van der Waals surface area contributed by atoms with Gasteiger partial charge in [-0.1, -0.05) is 24.3 Å². The van der Waals surface area contributed by atoms with Gasteiger partial charge < -0.3 is 10.3 Å². The van der Waals surface area contributed by atoms with E-state index < -0.39 is 11.1 Å². The van der Waals surface area contributed by atoms with Gasteiger partial charge in [-0.3, -0.25) is 4.21 Å². The lowest BCUT2D eigenvalue weighted by atomic mass is 10.2. The number of aliphatic imine (C=N–C) groups is 2. The van der Waals surface area contributed by atoms with Crippen molar-refractivity contribution in [3.05, 3.63) is 54.3 Å². The van der Waals surface area contributed by atoms with Crippen LogP contribution in [0.2, 0.25) is 0 Å². The second-order valence-corrected chi connectivity index (χ2v) is 5.04. The number of benzene rings is 1. The molecule has 1 aromatic carbocycles. The number of aryl methyl sites for hydroxylation is 1. The van der Waals surface area contributed by atoms with Crippen LogP contribution >= 0.6 is 0 Å². The van der Waals surface area contributed by atoms with Crippen LogP contribution in [0.1, 0.15) is 12.5 Å². The van der Waals surface area contributed by atoms with E-state index in [1.807, 2.05) is 6.92 Å². The van der Waals surface area contributed by atoms with E-state index in [-0.39, 0.29) is 0 Å². The van der Waals surface area contributed by atoms with Gasteiger partial charge in [-0.25, -0.2) is 9.98 Å². The Morgan fingerprint density at radius 1 is 1.40 bits per heavy atom. The van der Waals surface area contributed by atoms with Crippen LogP contribution in [0.5, 0.6) is 0 Å². The summed E-state index contributed by atoms with van der Waals surface area (Å²) in [6.45, 7) is 7.34. The van der Waals surface area contributed by atoms with Crippen LogP contribution in [0.25, 0.3) is 0 Å². The van der Waals surface area contributed by atoms with Crippen molar-refractivity contribution in [1.29, 1.82) is 0 Å². The van der Waals surface area contributed by atoms with Gasteiger partial charge >= 0.3 is 0 Å². The summed E-state index contributed by atoms with van der Waals surface area (Å²) in [5.74, 6) is 1.11. The SMILES string of the molecule is C=C1C=CN=C1N=C(C)N.Cc1ccc(S(=O)[O-])cc1. The molecule has 0 fully saturated rings. The van der Waals surface area contributed by atoms with Crippen LogP contribution in [0, 0.1) is 6.92 Å². The zero-order valence-electron chi connectivity index (χ0n) is 11.4. The summed E-state index contributed by atoms with van der Waals surface area (Å²) >= 11 is -2.09. The minimum Gasteiger partial charge on any atom is -0.768 e. The molecule has 0 radical (unpaired) electrons. The second-order valence-electron chi connectivity index (χ2n) is 4.09. The van der Waals surface area contributed by atoms with Crippen molar-refractivity contribution in [3.63, 3.8) is 0 Å². The first kappa shape index (κ1) is 16.0. The quantitative estimate of drug-likeness (QED) is 0.487. The summed E-state index contributed by atoms with van der Waals surface area (Å²) in [7, 11) is 0. The van der Waals surface area contributed by atoms with E-state index in [9.17, 15) is 8.76 Å². The van der Waals surface area contributed by atoms with Crippen molar-refractivity contribution >= 4 is 22.8 Å². The Bertz CT molecular complexity index is 597. The van der Waals surface area contributed by atoms with E-state index in [4.69, 9.17) is 5.73 Å². The molecule has 106 valence electrons. The summed E-state index contributed by atoms with van der Waals surface area (Å²) in [5.41, 5.74) is 7.21. The van der Waals surface area contributed by atoms with Gasteiger partial charge in [-0.05, 0) is 43.1 Å². The fourth-order valence-electron chi connectivity index (χ4n) is 1.27. The van der Waals surface area contributed by atoms with Crippen molar-refractivity contribution in [2.45, 2.75) is 18.7 Å². The number of nitrogens with two attached hydrogens (primary N) is 1. The molecule has 2 rings (SSSR count). The van der Waals surface area contributed by atoms with Crippen LogP contribution < -0.4 is 5.73 Å². The Kier molecular flexibility index (Phi) is 6.02. The molecule has 1 aliphatic rings. The molecule has 1 atom stereocenters. The molecule has 1 heterocycles. The van der Waals surface area contributed by atoms with E-state index >= 15 is 0 Å². The lowest BCUT2D eigenvalue weighted by molar-refractivity contribution is 0.537. The summed E-state index contributed by atoms with van der Waals surface area (Å²) in [5, 5.41) is 0. The maximum absolute atomic E-state index is 10.3. The van der Waals surface area contributed by atoms with E-state index in [1.54, 1.807) is 43.5 Å². The standard InChI is InChI=1S/C7H9N3.C7H8O2S/c1-5-3-4-9-7(5)10-6(2)8;1-6-2-4-7(5-3-6)10(8)9/h3-4H,1H2,2H3,(H2,8,9,10);2-5H,1H3,(H,8,9)/p-1. The van der Waals surface area contributed by atoms with Gasteiger partial charge in [0.1, 0.15) is 0 Å². The lowest BCUT2D eigenvalue weighted by Gasteiger charge is -2.03. The highest BCUT2D eigenvalue weighted by Gasteiger charge is 2.02. The van der Waals surface area contributed by atoms with Crippen LogP contribution in [-0.2, 0) is 11.1 Å². The van der Waals surface area contributed by atoms with Crippen LogP contribution in [0.4, 0.5) is 0 Å². The molecule has 0 aliphatic carbocycles. The van der Waals surface area contributed by atoms with E-state index in [2.05, 4.69) is 16.6 Å². The topological polar surface area (TPSA) is 90.9 Å². The predicted molar refractivity (Wildman–Crippen MR) is 81.4 cm³/mol. The maximum Gasteiger partial charge on any atom is 0.160 e. The fraction of sp³-hybridized carbons (Fsp3) is 0.143. The van der Waals surface area contributed by atoms with Gasteiger partial charge in [0.2, 0.25) is 0 Å². The van der Waals surface area contributed by atoms with Crippen LogP contribution in [0.3, 0.4) is 0 Å². The molecular formula is C14H16N3O2S-. The zero-order valence-corrected chi connectivity index (χ0v) is 12.2. The molecule has 2 N–H and O–H groups in total. The molecule has 0 saturated carbocycles. The molecule has 5 nitrogen and oxygen atoms in total. The minimum atomic E-state index is -2.09. The summed E-state index contributed by atoms with van der Waals surface area (Å²) < 4.78 is 20.6. The van der Waals surface area contributed by atoms with Gasteiger partial charge in [0, 0.05) is 16.7 Å². The predicted octanol–water partition coefficient (Wildman–Crippen LogP) is 2.08. The third-order valence-corrected chi connectivity index (χ3v) is 2.91. The number of amidine groups is 2. The highest BCUT2D eigenvalue weighted by Crippen LogP contribution is 2.06. The Morgan fingerprint density at radius 2 is 2.00 bits per heavy atom. The molecule has 0 bridgehead atoms.